The number of aryl methyl sites for hydroxylation is 1. The van der Waals surface area contributed by atoms with Crippen LogP contribution in [-0.2, 0) is 22.4 Å². The average Bonchev–Trinajstić information content (AvgIpc) is 2.44. The van der Waals surface area contributed by atoms with Gasteiger partial charge in [0.05, 0.1) is 12.5 Å². The fraction of sp³-hybridized carbons (Fsp3) is 0.533. The van der Waals surface area contributed by atoms with E-state index in [2.05, 4.69) is 29.6 Å². The minimum atomic E-state index is -0.184. The predicted octanol–water partition coefficient (Wildman–Crippen LogP) is 1.02. The van der Waals surface area contributed by atoms with Crippen LogP contribution < -0.4 is 11.1 Å². The molecule has 2 atom stereocenters. The van der Waals surface area contributed by atoms with Crippen molar-refractivity contribution in [2.45, 2.75) is 37.8 Å². The highest BCUT2D eigenvalue weighted by Crippen LogP contribution is 2.21. The minimum absolute atomic E-state index is 0.0293. The molecule has 0 saturated heterocycles. The standard InChI is InChI=1S/C15H22N2O2/c1-19-14(10-16)9-15(18)17-13-7-6-11-4-2-3-5-12(11)8-13/h2-5,13-14H,6-10,16H2,1H3,(H,17,18). The molecule has 0 saturated carbocycles. The summed E-state index contributed by atoms with van der Waals surface area (Å²) in [6, 6.07) is 8.67. The van der Waals surface area contributed by atoms with E-state index in [4.69, 9.17) is 10.5 Å². The number of ether oxygens (including phenoxy) is 1. The van der Waals surface area contributed by atoms with Crippen LogP contribution in [0.4, 0.5) is 0 Å². The van der Waals surface area contributed by atoms with Crippen molar-refractivity contribution in [3.8, 4) is 0 Å². The first-order chi connectivity index (χ1) is 9.22. The lowest BCUT2D eigenvalue weighted by Crippen LogP contribution is -2.41. The molecule has 3 N–H and O–H groups in total. The molecule has 0 fully saturated rings. The molecule has 4 heteroatoms. The summed E-state index contributed by atoms with van der Waals surface area (Å²) in [5.74, 6) is 0.0293. The maximum atomic E-state index is 11.9. The number of carbonyl (C=O) groups is 1. The number of benzene rings is 1. The molecule has 0 aliphatic heterocycles. The monoisotopic (exact) mass is 262 g/mol. The normalized spacial score (nSPS) is 19.6. The summed E-state index contributed by atoms with van der Waals surface area (Å²) in [4.78, 5) is 11.9. The van der Waals surface area contributed by atoms with E-state index in [1.165, 1.54) is 11.1 Å². The second kappa shape index (κ2) is 6.68. The summed E-state index contributed by atoms with van der Waals surface area (Å²) in [5, 5.41) is 3.08. The third kappa shape index (κ3) is 3.78. The van der Waals surface area contributed by atoms with E-state index < -0.39 is 0 Å². The van der Waals surface area contributed by atoms with Gasteiger partial charge in [-0.05, 0) is 30.4 Å². The highest BCUT2D eigenvalue weighted by atomic mass is 16.5. The van der Waals surface area contributed by atoms with Crippen LogP contribution in [0.25, 0.3) is 0 Å². The van der Waals surface area contributed by atoms with Gasteiger partial charge in [0.2, 0.25) is 5.91 Å². The second-order valence-corrected chi connectivity index (χ2v) is 5.07. The van der Waals surface area contributed by atoms with Crippen LogP contribution in [0.1, 0.15) is 24.0 Å². The van der Waals surface area contributed by atoms with Crippen LogP contribution >= 0.6 is 0 Å². The van der Waals surface area contributed by atoms with Crippen LogP contribution in [0.5, 0.6) is 0 Å². The third-order valence-corrected chi connectivity index (χ3v) is 3.72. The van der Waals surface area contributed by atoms with Gasteiger partial charge in [-0.1, -0.05) is 24.3 Å². The number of fused-ring (bicyclic) bond motifs is 1. The van der Waals surface area contributed by atoms with Gasteiger partial charge in [-0.2, -0.15) is 0 Å². The SMILES string of the molecule is COC(CN)CC(=O)NC1CCc2ccccc2C1. The first kappa shape index (κ1) is 14.0. The molecule has 19 heavy (non-hydrogen) atoms. The van der Waals surface area contributed by atoms with Gasteiger partial charge in [0.1, 0.15) is 0 Å². The first-order valence-corrected chi connectivity index (χ1v) is 6.82. The van der Waals surface area contributed by atoms with Gasteiger partial charge in [0.15, 0.2) is 0 Å². The smallest absolute Gasteiger partial charge is 0.222 e. The molecule has 2 rings (SSSR count). The molecule has 1 amide bonds. The van der Waals surface area contributed by atoms with Crippen LogP contribution in [0.3, 0.4) is 0 Å². The first-order valence-electron chi connectivity index (χ1n) is 6.82. The zero-order valence-electron chi connectivity index (χ0n) is 11.4. The molecule has 1 aliphatic carbocycles. The number of carbonyl (C=O) groups excluding carboxylic acids is 1. The Kier molecular flexibility index (Phi) is 4.93. The Morgan fingerprint density at radius 3 is 2.89 bits per heavy atom. The van der Waals surface area contributed by atoms with E-state index >= 15 is 0 Å². The van der Waals surface area contributed by atoms with Gasteiger partial charge in [-0.3, -0.25) is 4.79 Å². The molecule has 2 unspecified atom stereocenters. The molecule has 0 heterocycles. The van der Waals surface area contributed by atoms with Crippen molar-refractivity contribution < 1.29 is 9.53 Å². The number of nitrogens with two attached hydrogens (primary N) is 1. The van der Waals surface area contributed by atoms with E-state index in [1.807, 2.05) is 0 Å². The quantitative estimate of drug-likeness (QED) is 0.833. The summed E-state index contributed by atoms with van der Waals surface area (Å²) >= 11 is 0. The highest BCUT2D eigenvalue weighted by Gasteiger charge is 2.21. The predicted molar refractivity (Wildman–Crippen MR) is 74.9 cm³/mol. The van der Waals surface area contributed by atoms with Crippen molar-refractivity contribution in [1.29, 1.82) is 0 Å². The summed E-state index contributed by atoms with van der Waals surface area (Å²) < 4.78 is 5.13. The van der Waals surface area contributed by atoms with E-state index in [1.54, 1.807) is 7.11 Å². The van der Waals surface area contributed by atoms with Crippen LogP contribution in [0.2, 0.25) is 0 Å². The number of hydrogen-bond acceptors (Lipinski definition) is 3. The van der Waals surface area contributed by atoms with Gasteiger partial charge in [-0.25, -0.2) is 0 Å². The topological polar surface area (TPSA) is 64.3 Å². The van der Waals surface area contributed by atoms with E-state index in [0.29, 0.717) is 13.0 Å². The number of rotatable bonds is 5. The molecule has 4 nitrogen and oxygen atoms in total. The Hall–Kier alpha value is -1.39. The van der Waals surface area contributed by atoms with Gasteiger partial charge in [-0.15, -0.1) is 0 Å². The molecule has 1 aromatic rings. The zero-order valence-corrected chi connectivity index (χ0v) is 11.4. The molecule has 0 radical (unpaired) electrons. The Labute approximate surface area is 114 Å². The fourth-order valence-corrected chi connectivity index (χ4v) is 2.58. The minimum Gasteiger partial charge on any atom is -0.380 e. The molecule has 0 aromatic heterocycles. The maximum absolute atomic E-state index is 11.9. The Morgan fingerprint density at radius 2 is 2.21 bits per heavy atom. The number of amides is 1. The van der Waals surface area contributed by atoms with Gasteiger partial charge >= 0.3 is 0 Å². The Balaban J connectivity index is 1.86. The molecule has 104 valence electrons. The van der Waals surface area contributed by atoms with Gasteiger partial charge < -0.3 is 15.8 Å². The molecule has 0 spiro atoms. The molecule has 1 aromatic carbocycles. The van der Waals surface area contributed by atoms with Crippen molar-refractivity contribution in [2.24, 2.45) is 5.73 Å². The summed E-state index contributed by atoms with van der Waals surface area (Å²) in [6.45, 7) is 0.372. The third-order valence-electron chi connectivity index (χ3n) is 3.72. The highest BCUT2D eigenvalue weighted by molar-refractivity contribution is 5.76. The fourth-order valence-electron chi connectivity index (χ4n) is 2.58. The lowest BCUT2D eigenvalue weighted by molar-refractivity contribution is -0.124. The van der Waals surface area contributed by atoms with Crippen molar-refractivity contribution in [3.05, 3.63) is 35.4 Å². The van der Waals surface area contributed by atoms with Crippen LogP contribution in [0, 0.1) is 0 Å². The number of methoxy groups -OCH3 is 1. The lowest BCUT2D eigenvalue weighted by atomic mass is 9.88. The zero-order chi connectivity index (χ0) is 13.7. The molecule has 0 bridgehead atoms. The average molecular weight is 262 g/mol. The lowest BCUT2D eigenvalue weighted by Gasteiger charge is -2.26. The van der Waals surface area contributed by atoms with Crippen molar-refractivity contribution in [1.82, 2.24) is 5.32 Å². The van der Waals surface area contributed by atoms with E-state index in [0.717, 1.165) is 19.3 Å². The van der Waals surface area contributed by atoms with E-state index in [9.17, 15) is 4.79 Å². The second-order valence-electron chi connectivity index (χ2n) is 5.07. The summed E-state index contributed by atoms with van der Waals surface area (Å²) in [7, 11) is 1.58. The summed E-state index contributed by atoms with van der Waals surface area (Å²) in [6.07, 6.45) is 3.11. The van der Waals surface area contributed by atoms with Crippen LogP contribution in [0.15, 0.2) is 24.3 Å². The Bertz CT molecular complexity index is 430. The van der Waals surface area contributed by atoms with Crippen LogP contribution in [-0.4, -0.2) is 31.7 Å². The van der Waals surface area contributed by atoms with Gasteiger partial charge in [0.25, 0.3) is 0 Å². The number of hydrogen-bond donors (Lipinski definition) is 2. The summed E-state index contributed by atoms with van der Waals surface area (Å²) in [5.41, 5.74) is 8.28. The molecular weight excluding hydrogens is 240 g/mol. The molecular formula is C15H22N2O2. The maximum Gasteiger partial charge on any atom is 0.222 e. The van der Waals surface area contributed by atoms with Crippen molar-refractivity contribution >= 4 is 5.91 Å². The molecule has 1 aliphatic rings. The number of nitrogens with one attached hydrogen (secondary N) is 1. The Morgan fingerprint density at radius 1 is 1.47 bits per heavy atom. The largest absolute Gasteiger partial charge is 0.380 e. The van der Waals surface area contributed by atoms with E-state index in [-0.39, 0.29) is 18.1 Å². The van der Waals surface area contributed by atoms with Gasteiger partial charge in [0, 0.05) is 19.7 Å². The van der Waals surface area contributed by atoms with Crippen molar-refractivity contribution in [3.63, 3.8) is 0 Å². The van der Waals surface area contributed by atoms with Crippen molar-refractivity contribution in [2.75, 3.05) is 13.7 Å².